The molecule has 1 saturated heterocycles. The SMILES string of the molecule is c1ccc(-c2ccc(Nc3cc(-c4nc(NC5CCNC5)c5ccncc5n4)ccn3)nc2)cc1. The van der Waals surface area contributed by atoms with Gasteiger partial charge in [0.1, 0.15) is 17.5 Å². The molecule has 1 atom stereocenters. The van der Waals surface area contributed by atoms with E-state index in [4.69, 9.17) is 9.97 Å². The van der Waals surface area contributed by atoms with Crippen LogP contribution in [0.5, 0.6) is 0 Å². The summed E-state index contributed by atoms with van der Waals surface area (Å²) in [6, 6.07) is 20.3. The van der Waals surface area contributed by atoms with Crippen LogP contribution in [-0.2, 0) is 0 Å². The van der Waals surface area contributed by atoms with Gasteiger partial charge < -0.3 is 16.0 Å². The smallest absolute Gasteiger partial charge is 0.162 e. The number of aromatic nitrogens is 5. The van der Waals surface area contributed by atoms with Crippen LogP contribution in [0.2, 0.25) is 0 Å². The first-order chi connectivity index (χ1) is 17.3. The van der Waals surface area contributed by atoms with Crippen LogP contribution in [0.15, 0.2) is 85.5 Å². The van der Waals surface area contributed by atoms with Crippen molar-refractivity contribution in [1.82, 2.24) is 30.2 Å². The third kappa shape index (κ3) is 4.64. The van der Waals surface area contributed by atoms with E-state index in [-0.39, 0.29) is 0 Å². The molecule has 5 heterocycles. The molecule has 8 heteroatoms. The molecule has 1 aromatic carbocycles. The summed E-state index contributed by atoms with van der Waals surface area (Å²) in [6.45, 7) is 1.93. The second kappa shape index (κ2) is 9.44. The monoisotopic (exact) mass is 460 g/mol. The first-order valence-electron chi connectivity index (χ1n) is 11.7. The number of nitrogens with zero attached hydrogens (tertiary/aromatic N) is 5. The first-order valence-corrected chi connectivity index (χ1v) is 11.7. The molecular weight excluding hydrogens is 436 g/mol. The Labute approximate surface area is 202 Å². The fourth-order valence-corrected chi connectivity index (χ4v) is 4.23. The second-order valence-corrected chi connectivity index (χ2v) is 8.48. The molecule has 6 rings (SSSR count). The minimum atomic E-state index is 0.341. The number of fused-ring (bicyclic) bond motifs is 1. The van der Waals surface area contributed by atoms with E-state index in [0.29, 0.717) is 23.5 Å². The van der Waals surface area contributed by atoms with Gasteiger partial charge in [-0.25, -0.2) is 19.9 Å². The molecule has 1 aliphatic heterocycles. The Morgan fingerprint density at radius 2 is 1.74 bits per heavy atom. The predicted molar refractivity (Wildman–Crippen MR) is 138 cm³/mol. The van der Waals surface area contributed by atoms with Crippen molar-refractivity contribution in [3.8, 4) is 22.5 Å². The summed E-state index contributed by atoms with van der Waals surface area (Å²) in [4.78, 5) is 22.9. The van der Waals surface area contributed by atoms with Crippen LogP contribution < -0.4 is 16.0 Å². The summed E-state index contributed by atoms with van der Waals surface area (Å²) in [7, 11) is 0. The van der Waals surface area contributed by atoms with Crippen LogP contribution in [0.4, 0.5) is 17.5 Å². The molecule has 35 heavy (non-hydrogen) atoms. The van der Waals surface area contributed by atoms with Gasteiger partial charge >= 0.3 is 0 Å². The standard InChI is InChI=1S/C27H24N8/c1-2-4-18(5-3-1)20-6-7-24(31-15-20)34-25-14-19(8-13-30-25)26-33-23-17-29-12-10-22(23)27(35-26)32-21-9-11-28-16-21/h1-8,10,12-15,17,21,28H,9,11,16H2,(H,30,31,34)(H,32,33,35). The minimum Gasteiger partial charge on any atom is -0.365 e. The lowest BCUT2D eigenvalue weighted by atomic mass is 10.1. The lowest BCUT2D eigenvalue weighted by molar-refractivity contribution is 0.789. The highest BCUT2D eigenvalue weighted by molar-refractivity contribution is 5.90. The van der Waals surface area contributed by atoms with Gasteiger partial charge in [0.25, 0.3) is 0 Å². The van der Waals surface area contributed by atoms with Gasteiger partial charge in [0, 0.05) is 47.7 Å². The predicted octanol–water partition coefficient (Wildman–Crippen LogP) is 4.67. The van der Waals surface area contributed by atoms with Gasteiger partial charge in [0.15, 0.2) is 5.82 Å². The van der Waals surface area contributed by atoms with E-state index < -0.39 is 0 Å². The van der Waals surface area contributed by atoms with E-state index in [1.165, 1.54) is 0 Å². The number of anilines is 3. The molecule has 172 valence electrons. The highest BCUT2D eigenvalue weighted by Crippen LogP contribution is 2.27. The van der Waals surface area contributed by atoms with Gasteiger partial charge in [-0.2, -0.15) is 0 Å². The fourth-order valence-electron chi connectivity index (χ4n) is 4.23. The summed E-state index contributed by atoms with van der Waals surface area (Å²) in [5.41, 5.74) is 3.86. The molecule has 0 spiro atoms. The van der Waals surface area contributed by atoms with Crippen LogP contribution >= 0.6 is 0 Å². The summed E-state index contributed by atoms with van der Waals surface area (Å²) < 4.78 is 0. The van der Waals surface area contributed by atoms with E-state index in [0.717, 1.165) is 52.9 Å². The Morgan fingerprint density at radius 3 is 2.57 bits per heavy atom. The zero-order valence-electron chi connectivity index (χ0n) is 19.0. The molecule has 0 amide bonds. The molecule has 1 fully saturated rings. The summed E-state index contributed by atoms with van der Waals surface area (Å²) in [5.74, 6) is 2.84. The quantitative estimate of drug-likeness (QED) is 0.336. The lowest BCUT2D eigenvalue weighted by Gasteiger charge is -2.15. The largest absolute Gasteiger partial charge is 0.365 e. The molecule has 0 radical (unpaired) electrons. The summed E-state index contributed by atoms with van der Waals surface area (Å²) >= 11 is 0. The third-order valence-corrected chi connectivity index (χ3v) is 6.05. The molecular formula is C27H24N8. The van der Waals surface area contributed by atoms with Gasteiger partial charge in [-0.05, 0) is 48.9 Å². The van der Waals surface area contributed by atoms with Crippen molar-refractivity contribution in [2.24, 2.45) is 0 Å². The molecule has 1 aliphatic rings. The third-order valence-electron chi connectivity index (χ3n) is 6.05. The zero-order valence-corrected chi connectivity index (χ0v) is 19.0. The molecule has 0 bridgehead atoms. The normalized spacial score (nSPS) is 15.3. The zero-order chi connectivity index (χ0) is 23.5. The Kier molecular flexibility index (Phi) is 5.70. The van der Waals surface area contributed by atoms with Gasteiger partial charge in [0.05, 0.1) is 11.7 Å². The van der Waals surface area contributed by atoms with Crippen LogP contribution in [0.1, 0.15) is 6.42 Å². The van der Waals surface area contributed by atoms with E-state index >= 15 is 0 Å². The molecule has 0 aliphatic carbocycles. The topological polar surface area (TPSA) is 101 Å². The number of hydrogen-bond acceptors (Lipinski definition) is 8. The second-order valence-electron chi connectivity index (χ2n) is 8.48. The van der Waals surface area contributed by atoms with Gasteiger partial charge in [-0.3, -0.25) is 4.98 Å². The highest BCUT2D eigenvalue weighted by atomic mass is 15.1. The molecule has 3 N–H and O–H groups in total. The van der Waals surface area contributed by atoms with Crippen molar-refractivity contribution in [3.63, 3.8) is 0 Å². The van der Waals surface area contributed by atoms with Crippen LogP contribution in [-0.4, -0.2) is 44.1 Å². The van der Waals surface area contributed by atoms with Crippen LogP contribution in [0.25, 0.3) is 33.4 Å². The molecule has 8 nitrogen and oxygen atoms in total. The Morgan fingerprint density at radius 1 is 0.800 bits per heavy atom. The van der Waals surface area contributed by atoms with E-state index in [1.807, 2.05) is 54.7 Å². The van der Waals surface area contributed by atoms with Crippen molar-refractivity contribution < 1.29 is 0 Å². The fraction of sp³-hybridized carbons (Fsp3) is 0.148. The lowest BCUT2D eigenvalue weighted by Crippen LogP contribution is -2.23. The van der Waals surface area contributed by atoms with Crippen molar-refractivity contribution in [1.29, 1.82) is 0 Å². The van der Waals surface area contributed by atoms with E-state index in [1.54, 1.807) is 18.6 Å². The van der Waals surface area contributed by atoms with Crippen molar-refractivity contribution in [3.05, 3.63) is 85.5 Å². The van der Waals surface area contributed by atoms with E-state index in [2.05, 4.69) is 43.0 Å². The van der Waals surface area contributed by atoms with Gasteiger partial charge in [-0.15, -0.1) is 0 Å². The number of benzene rings is 1. The first kappa shape index (κ1) is 21.1. The Hall–Kier alpha value is -4.43. The van der Waals surface area contributed by atoms with Crippen LogP contribution in [0, 0.1) is 0 Å². The van der Waals surface area contributed by atoms with Gasteiger partial charge in [-0.1, -0.05) is 30.3 Å². The average molecular weight is 461 g/mol. The number of nitrogens with one attached hydrogen (secondary N) is 3. The van der Waals surface area contributed by atoms with Crippen molar-refractivity contribution in [2.45, 2.75) is 12.5 Å². The van der Waals surface area contributed by atoms with Crippen molar-refractivity contribution in [2.75, 3.05) is 23.7 Å². The van der Waals surface area contributed by atoms with Crippen LogP contribution in [0.3, 0.4) is 0 Å². The minimum absolute atomic E-state index is 0.341. The highest BCUT2D eigenvalue weighted by Gasteiger charge is 2.17. The molecule has 5 aromatic rings. The Balaban J connectivity index is 1.28. The number of pyridine rings is 3. The Bertz CT molecular complexity index is 1450. The maximum Gasteiger partial charge on any atom is 0.162 e. The summed E-state index contributed by atoms with van der Waals surface area (Å²) in [5, 5.41) is 11.2. The van der Waals surface area contributed by atoms with E-state index in [9.17, 15) is 0 Å². The number of rotatable bonds is 6. The summed E-state index contributed by atoms with van der Waals surface area (Å²) in [6.07, 6.45) is 8.22. The molecule has 4 aromatic heterocycles. The van der Waals surface area contributed by atoms with Gasteiger partial charge in [0.2, 0.25) is 0 Å². The molecule has 1 unspecified atom stereocenters. The maximum absolute atomic E-state index is 4.88. The average Bonchev–Trinajstić information content (AvgIpc) is 3.43. The van der Waals surface area contributed by atoms with Crippen molar-refractivity contribution >= 4 is 28.4 Å². The number of hydrogen-bond donors (Lipinski definition) is 3. The maximum atomic E-state index is 4.88. The molecule has 0 saturated carbocycles.